The SMILES string of the molecule is CCCOCc1ccc(COCCCC(=O)CC(C)C)cc1. The minimum absolute atomic E-state index is 0.343. The van der Waals surface area contributed by atoms with Gasteiger partial charge in [0.2, 0.25) is 0 Å². The lowest BCUT2D eigenvalue weighted by molar-refractivity contribution is -0.120. The molecule has 1 rings (SSSR count). The topological polar surface area (TPSA) is 35.5 Å². The third-order valence-corrected chi connectivity index (χ3v) is 3.29. The molecule has 0 aromatic heterocycles. The van der Waals surface area contributed by atoms with Crippen LogP contribution in [0.25, 0.3) is 0 Å². The van der Waals surface area contributed by atoms with Crippen LogP contribution in [-0.2, 0) is 27.5 Å². The van der Waals surface area contributed by atoms with Crippen molar-refractivity contribution in [2.45, 2.75) is 59.7 Å². The zero-order valence-corrected chi connectivity index (χ0v) is 14.3. The summed E-state index contributed by atoms with van der Waals surface area (Å²) in [6.07, 6.45) is 3.17. The molecule has 22 heavy (non-hydrogen) atoms. The fourth-order valence-electron chi connectivity index (χ4n) is 2.18. The summed E-state index contributed by atoms with van der Waals surface area (Å²) in [6, 6.07) is 8.32. The molecule has 0 saturated carbocycles. The van der Waals surface area contributed by atoms with Gasteiger partial charge >= 0.3 is 0 Å². The number of carbonyl (C=O) groups is 1. The van der Waals surface area contributed by atoms with E-state index in [2.05, 4.69) is 45.0 Å². The fraction of sp³-hybridized carbons (Fsp3) is 0.632. The van der Waals surface area contributed by atoms with Crippen LogP contribution in [0.4, 0.5) is 0 Å². The highest BCUT2D eigenvalue weighted by Crippen LogP contribution is 2.08. The van der Waals surface area contributed by atoms with Gasteiger partial charge in [0.1, 0.15) is 5.78 Å². The zero-order valence-electron chi connectivity index (χ0n) is 14.3. The van der Waals surface area contributed by atoms with E-state index in [-0.39, 0.29) is 0 Å². The lowest BCUT2D eigenvalue weighted by Crippen LogP contribution is -2.05. The van der Waals surface area contributed by atoms with E-state index >= 15 is 0 Å². The highest BCUT2D eigenvalue weighted by molar-refractivity contribution is 5.78. The maximum absolute atomic E-state index is 11.6. The molecule has 0 bridgehead atoms. The number of rotatable bonds is 12. The Kier molecular flexibility index (Phi) is 9.76. The predicted octanol–water partition coefficient (Wildman–Crippen LogP) is 4.53. The van der Waals surface area contributed by atoms with E-state index in [4.69, 9.17) is 9.47 Å². The molecule has 0 amide bonds. The van der Waals surface area contributed by atoms with Crippen molar-refractivity contribution in [2.24, 2.45) is 5.92 Å². The summed E-state index contributed by atoms with van der Waals surface area (Å²) in [5.41, 5.74) is 2.35. The van der Waals surface area contributed by atoms with Crippen molar-refractivity contribution >= 4 is 5.78 Å². The molecule has 3 nitrogen and oxygen atoms in total. The third kappa shape index (κ3) is 8.96. The lowest BCUT2D eigenvalue weighted by atomic mass is 10.0. The Labute approximate surface area is 135 Å². The van der Waals surface area contributed by atoms with Crippen molar-refractivity contribution in [2.75, 3.05) is 13.2 Å². The van der Waals surface area contributed by atoms with Crippen molar-refractivity contribution in [3.05, 3.63) is 35.4 Å². The largest absolute Gasteiger partial charge is 0.377 e. The van der Waals surface area contributed by atoms with Crippen molar-refractivity contribution in [1.29, 1.82) is 0 Å². The standard InChI is InChI=1S/C19H30O3/c1-4-11-21-14-17-7-9-18(10-8-17)15-22-12-5-6-19(20)13-16(2)3/h7-10,16H,4-6,11-15H2,1-3H3. The minimum Gasteiger partial charge on any atom is -0.377 e. The van der Waals surface area contributed by atoms with Gasteiger partial charge in [-0.2, -0.15) is 0 Å². The van der Waals surface area contributed by atoms with Crippen LogP contribution in [0.2, 0.25) is 0 Å². The quantitative estimate of drug-likeness (QED) is 0.532. The van der Waals surface area contributed by atoms with Crippen LogP contribution in [0, 0.1) is 5.92 Å². The normalized spacial score (nSPS) is 11.1. The molecule has 0 heterocycles. The highest BCUT2D eigenvalue weighted by atomic mass is 16.5. The molecule has 3 heteroatoms. The molecule has 0 aliphatic rings. The van der Waals surface area contributed by atoms with Crippen LogP contribution in [-0.4, -0.2) is 19.0 Å². The average molecular weight is 306 g/mol. The summed E-state index contributed by atoms with van der Waals surface area (Å²) in [4.78, 5) is 11.6. The third-order valence-electron chi connectivity index (χ3n) is 3.29. The van der Waals surface area contributed by atoms with E-state index < -0.39 is 0 Å². The Morgan fingerprint density at radius 1 is 1.00 bits per heavy atom. The molecule has 124 valence electrons. The second kappa shape index (κ2) is 11.4. The first-order chi connectivity index (χ1) is 10.6. The van der Waals surface area contributed by atoms with Gasteiger partial charge < -0.3 is 9.47 Å². The van der Waals surface area contributed by atoms with Crippen LogP contribution in [0.5, 0.6) is 0 Å². The summed E-state index contributed by atoms with van der Waals surface area (Å²) in [7, 11) is 0. The fourth-order valence-corrected chi connectivity index (χ4v) is 2.18. The number of ketones is 1. The first-order valence-electron chi connectivity index (χ1n) is 8.36. The molecule has 1 aromatic rings. The molecule has 0 spiro atoms. The van der Waals surface area contributed by atoms with E-state index in [0.29, 0.717) is 44.4 Å². The van der Waals surface area contributed by atoms with Gasteiger partial charge in [0, 0.05) is 26.1 Å². The molecular weight excluding hydrogens is 276 g/mol. The van der Waals surface area contributed by atoms with Gasteiger partial charge in [0.15, 0.2) is 0 Å². The van der Waals surface area contributed by atoms with E-state index in [1.807, 2.05) is 0 Å². The summed E-state index contributed by atoms with van der Waals surface area (Å²) in [6.45, 7) is 8.99. The Morgan fingerprint density at radius 3 is 2.05 bits per heavy atom. The maximum Gasteiger partial charge on any atom is 0.133 e. The van der Waals surface area contributed by atoms with Gasteiger partial charge in [-0.15, -0.1) is 0 Å². The monoisotopic (exact) mass is 306 g/mol. The molecule has 0 aliphatic carbocycles. The molecule has 0 aliphatic heterocycles. The molecule has 0 radical (unpaired) electrons. The number of carbonyl (C=O) groups excluding carboxylic acids is 1. The van der Waals surface area contributed by atoms with E-state index in [0.717, 1.165) is 25.0 Å². The van der Waals surface area contributed by atoms with Crippen LogP contribution < -0.4 is 0 Å². The second-order valence-corrected chi connectivity index (χ2v) is 6.16. The van der Waals surface area contributed by atoms with Crippen molar-refractivity contribution in [3.8, 4) is 0 Å². The van der Waals surface area contributed by atoms with Crippen LogP contribution in [0.15, 0.2) is 24.3 Å². The van der Waals surface area contributed by atoms with Crippen molar-refractivity contribution in [1.82, 2.24) is 0 Å². The smallest absolute Gasteiger partial charge is 0.133 e. The zero-order chi connectivity index (χ0) is 16.2. The van der Waals surface area contributed by atoms with E-state index in [9.17, 15) is 4.79 Å². The molecule has 0 fully saturated rings. The van der Waals surface area contributed by atoms with Gasteiger partial charge in [-0.1, -0.05) is 45.0 Å². The van der Waals surface area contributed by atoms with Gasteiger partial charge in [-0.25, -0.2) is 0 Å². The Hall–Kier alpha value is -1.19. The molecular formula is C19H30O3. The second-order valence-electron chi connectivity index (χ2n) is 6.16. The average Bonchev–Trinajstić information content (AvgIpc) is 2.48. The molecule has 0 unspecified atom stereocenters. The van der Waals surface area contributed by atoms with Crippen LogP contribution in [0.3, 0.4) is 0 Å². The van der Waals surface area contributed by atoms with Crippen LogP contribution in [0.1, 0.15) is 57.6 Å². The number of benzene rings is 1. The number of hydrogen-bond donors (Lipinski definition) is 0. The summed E-state index contributed by atoms with van der Waals surface area (Å²) in [5.74, 6) is 0.795. The number of Topliss-reactive ketones (excluding diaryl/α,β-unsaturated/α-hetero) is 1. The molecule has 0 saturated heterocycles. The van der Waals surface area contributed by atoms with Crippen LogP contribution >= 0.6 is 0 Å². The predicted molar refractivity (Wildman–Crippen MR) is 89.7 cm³/mol. The molecule has 1 aromatic carbocycles. The molecule has 0 N–H and O–H groups in total. The number of hydrogen-bond acceptors (Lipinski definition) is 3. The van der Waals surface area contributed by atoms with Gasteiger partial charge in [0.05, 0.1) is 13.2 Å². The Morgan fingerprint density at radius 2 is 1.55 bits per heavy atom. The minimum atomic E-state index is 0.343. The Balaban J connectivity index is 2.13. The molecule has 0 atom stereocenters. The van der Waals surface area contributed by atoms with Crippen molar-refractivity contribution in [3.63, 3.8) is 0 Å². The number of ether oxygens (including phenoxy) is 2. The maximum atomic E-state index is 11.6. The first-order valence-corrected chi connectivity index (χ1v) is 8.36. The summed E-state index contributed by atoms with van der Waals surface area (Å²) >= 11 is 0. The first kappa shape index (κ1) is 18.9. The lowest BCUT2D eigenvalue weighted by Gasteiger charge is -2.07. The van der Waals surface area contributed by atoms with Gasteiger partial charge in [-0.05, 0) is 29.9 Å². The van der Waals surface area contributed by atoms with Crippen molar-refractivity contribution < 1.29 is 14.3 Å². The van der Waals surface area contributed by atoms with E-state index in [1.54, 1.807) is 0 Å². The van der Waals surface area contributed by atoms with Gasteiger partial charge in [0.25, 0.3) is 0 Å². The summed E-state index contributed by atoms with van der Waals surface area (Å²) in [5, 5.41) is 0. The highest BCUT2D eigenvalue weighted by Gasteiger charge is 2.04. The summed E-state index contributed by atoms with van der Waals surface area (Å²) < 4.78 is 11.1. The van der Waals surface area contributed by atoms with E-state index in [1.165, 1.54) is 5.56 Å². The van der Waals surface area contributed by atoms with Gasteiger partial charge in [-0.3, -0.25) is 4.79 Å². The Bertz CT molecular complexity index is 409.